The van der Waals surface area contributed by atoms with Crippen molar-refractivity contribution in [2.45, 2.75) is 58.1 Å². The smallest absolute Gasteiger partial charge is 0.330 e. The van der Waals surface area contributed by atoms with Gasteiger partial charge in [0, 0.05) is 24.9 Å². The van der Waals surface area contributed by atoms with E-state index in [1.165, 1.54) is 12.1 Å². The van der Waals surface area contributed by atoms with Gasteiger partial charge in [0.05, 0.1) is 6.10 Å². The minimum absolute atomic E-state index is 0.0911. The first-order chi connectivity index (χ1) is 11.6. The molecule has 0 spiro atoms. The van der Waals surface area contributed by atoms with E-state index in [-0.39, 0.29) is 36.6 Å². The van der Waals surface area contributed by atoms with Crippen molar-refractivity contribution in [3.8, 4) is 0 Å². The lowest BCUT2D eigenvalue weighted by molar-refractivity contribution is -0.194. The summed E-state index contributed by atoms with van der Waals surface area (Å²) in [6, 6.07) is 6.09. The molecule has 0 radical (unpaired) electrons. The fourth-order valence-electron chi connectivity index (χ4n) is 3.54. The summed E-state index contributed by atoms with van der Waals surface area (Å²) < 4.78 is 18.9. The van der Waals surface area contributed by atoms with E-state index in [9.17, 15) is 19.1 Å². The van der Waals surface area contributed by atoms with Gasteiger partial charge < -0.3 is 15.2 Å². The van der Waals surface area contributed by atoms with Gasteiger partial charge in [-0.3, -0.25) is 4.79 Å². The van der Waals surface area contributed by atoms with Crippen LogP contribution in [0.3, 0.4) is 0 Å². The number of carboxylic acids is 1. The second-order valence-corrected chi connectivity index (χ2v) is 7.29. The minimum atomic E-state index is -1.34. The van der Waals surface area contributed by atoms with Gasteiger partial charge in [-0.25, -0.2) is 9.18 Å². The van der Waals surface area contributed by atoms with Crippen LogP contribution < -0.4 is 5.32 Å². The SMILES string of the molecule is CCOC1CC(NC(=O)CC(C)c2cccc(F)c2)(C(=O)O)C1(C)C. The van der Waals surface area contributed by atoms with E-state index in [0.717, 1.165) is 0 Å². The van der Waals surface area contributed by atoms with Crippen molar-refractivity contribution in [2.75, 3.05) is 6.61 Å². The number of aliphatic carboxylic acids is 1. The van der Waals surface area contributed by atoms with E-state index in [1.54, 1.807) is 26.0 Å². The van der Waals surface area contributed by atoms with E-state index in [4.69, 9.17) is 4.74 Å². The van der Waals surface area contributed by atoms with Gasteiger partial charge >= 0.3 is 5.97 Å². The molecule has 6 heteroatoms. The molecule has 1 aliphatic carbocycles. The average molecular weight is 351 g/mol. The van der Waals surface area contributed by atoms with Crippen molar-refractivity contribution >= 4 is 11.9 Å². The number of carboxylic acid groups (broad SMARTS) is 1. The Bertz CT molecular complexity index is 661. The zero-order valence-corrected chi connectivity index (χ0v) is 15.1. The minimum Gasteiger partial charge on any atom is -0.479 e. The maximum atomic E-state index is 13.3. The molecule has 1 fully saturated rings. The van der Waals surface area contributed by atoms with Gasteiger partial charge in [-0.2, -0.15) is 0 Å². The predicted molar refractivity (Wildman–Crippen MR) is 91.8 cm³/mol. The van der Waals surface area contributed by atoms with Crippen LogP contribution in [-0.2, 0) is 14.3 Å². The van der Waals surface area contributed by atoms with Gasteiger partial charge in [-0.1, -0.05) is 32.9 Å². The molecule has 1 saturated carbocycles. The Hall–Kier alpha value is -1.95. The maximum absolute atomic E-state index is 13.3. The summed E-state index contributed by atoms with van der Waals surface area (Å²) in [5.74, 6) is -1.98. The first kappa shape index (κ1) is 19.4. The van der Waals surface area contributed by atoms with Crippen molar-refractivity contribution in [3.63, 3.8) is 0 Å². The molecule has 0 bridgehead atoms. The third-order valence-electron chi connectivity index (χ3n) is 5.39. The molecule has 0 saturated heterocycles. The van der Waals surface area contributed by atoms with Crippen molar-refractivity contribution < 1.29 is 23.8 Å². The van der Waals surface area contributed by atoms with Gasteiger partial charge in [0.25, 0.3) is 0 Å². The lowest BCUT2D eigenvalue weighted by Crippen LogP contribution is -2.76. The summed E-state index contributed by atoms with van der Waals surface area (Å²) in [7, 11) is 0. The second kappa shape index (κ2) is 7.12. The van der Waals surface area contributed by atoms with Crippen LogP contribution in [0.5, 0.6) is 0 Å². The summed E-state index contributed by atoms with van der Waals surface area (Å²) in [6.45, 7) is 7.75. The largest absolute Gasteiger partial charge is 0.479 e. The molecule has 0 aromatic heterocycles. The van der Waals surface area contributed by atoms with Crippen LogP contribution in [0.25, 0.3) is 0 Å². The highest BCUT2D eigenvalue weighted by atomic mass is 19.1. The van der Waals surface area contributed by atoms with E-state index < -0.39 is 16.9 Å². The Morgan fingerprint density at radius 2 is 2.12 bits per heavy atom. The Labute approximate surface area is 147 Å². The number of ether oxygens (including phenoxy) is 1. The number of benzene rings is 1. The number of hydrogen-bond acceptors (Lipinski definition) is 3. The molecule has 3 unspecified atom stereocenters. The quantitative estimate of drug-likeness (QED) is 0.791. The number of amides is 1. The Balaban J connectivity index is 2.08. The second-order valence-electron chi connectivity index (χ2n) is 7.29. The molecule has 138 valence electrons. The van der Waals surface area contributed by atoms with Crippen LogP contribution in [0.2, 0.25) is 0 Å². The van der Waals surface area contributed by atoms with Gasteiger partial charge in [0.1, 0.15) is 11.4 Å². The van der Waals surface area contributed by atoms with Gasteiger partial charge in [0.15, 0.2) is 0 Å². The molecule has 1 aromatic carbocycles. The fraction of sp³-hybridized carbons (Fsp3) is 0.579. The first-order valence-electron chi connectivity index (χ1n) is 8.55. The number of rotatable bonds is 7. The summed E-state index contributed by atoms with van der Waals surface area (Å²) in [5.41, 5.74) is -1.35. The van der Waals surface area contributed by atoms with Crippen LogP contribution in [0.4, 0.5) is 4.39 Å². The topological polar surface area (TPSA) is 75.6 Å². The normalized spacial score (nSPS) is 25.7. The molecule has 2 N–H and O–H groups in total. The average Bonchev–Trinajstić information content (AvgIpc) is 2.53. The summed E-state index contributed by atoms with van der Waals surface area (Å²) in [5, 5.41) is 12.4. The molecule has 3 atom stereocenters. The third kappa shape index (κ3) is 3.54. The van der Waals surface area contributed by atoms with E-state index in [2.05, 4.69) is 5.32 Å². The van der Waals surface area contributed by atoms with Gasteiger partial charge in [0.2, 0.25) is 5.91 Å². The predicted octanol–water partition coefficient (Wildman–Crippen LogP) is 3.09. The van der Waals surface area contributed by atoms with Crippen LogP contribution in [-0.4, -0.2) is 35.2 Å². The highest BCUT2D eigenvalue weighted by molar-refractivity contribution is 5.89. The van der Waals surface area contributed by atoms with Gasteiger partial charge in [-0.05, 0) is 30.5 Å². The van der Waals surface area contributed by atoms with Crippen molar-refractivity contribution in [1.82, 2.24) is 5.32 Å². The molecule has 0 heterocycles. The van der Waals surface area contributed by atoms with Crippen LogP contribution in [0.1, 0.15) is 52.0 Å². The zero-order chi connectivity index (χ0) is 18.8. The Morgan fingerprint density at radius 1 is 1.44 bits per heavy atom. The molecule has 1 aromatic rings. The summed E-state index contributed by atoms with van der Waals surface area (Å²) in [6.07, 6.45) is 0.117. The van der Waals surface area contributed by atoms with Crippen molar-refractivity contribution in [2.24, 2.45) is 5.41 Å². The molecule has 5 nitrogen and oxygen atoms in total. The first-order valence-corrected chi connectivity index (χ1v) is 8.55. The van der Waals surface area contributed by atoms with Crippen LogP contribution in [0.15, 0.2) is 24.3 Å². The molecular weight excluding hydrogens is 325 g/mol. The Kier molecular flexibility index (Phi) is 5.52. The monoisotopic (exact) mass is 351 g/mol. The van der Waals surface area contributed by atoms with E-state index in [0.29, 0.717) is 12.2 Å². The standard InChI is InChI=1S/C19H26FNO4/c1-5-25-15-11-19(17(23)24,18(15,3)4)21-16(22)9-12(2)13-7-6-8-14(20)10-13/h6-8,10,12,15H,5,9,11H2,1-4H3,(H,21,22)(H,23,24). The molecule has 25 heavy (non-hydrogen) atoms. The van der Waals surface area contributed by atoms with Crippen LogP contribution >= 0.6 is 0 Å². The van der Waals surface area contributed by atoms with Crippen molar-refractivity contribution in [3.05, 3.63) is 35.6 Å². The number of nitrogens with one attached hydrogen (secondary N) is 1. The van der Waals surface area contributed by atoms with Crippen LogP contribution in [0, 0.1) is 11.2 Å². The molecule has 0 aliphatic heterocycles. The summed E-state index contributed by atoms with van der Waals surface area (Å²) in [4.78, 5) is 24.4. The molecule has 2 rings (SSSR count). The molecule has 1 aliphatic rings. The number of halogens is 1. The van der Waals surface area contributed by atoms with Gasteiger partial charge in [-0.15, -0.1) is 0 Å². The molecule has 1 amide bonds. The highest BCUT2D eigenvalue weighted by Crippen LogP contribution is 2.51. The maximum Gasteiger partial charge on any atom is 0.330 e. The van der Waals surface area contributed by atoms with E-state index >= 15 is 0 Å². The van der Waals surface area contributed by atoms with E-state index in [1.807, 2.05) is 13.8 Å². The number of carbonyl (C=O) groups is 2. The fourth-order valence-corrected chi connectivity index (χ4v) is 3.54. The number of hydrogen-bond donors (Lipinski definition) is 2. The van der Waals surface area contributed by atoms with Crippen molar-refractivity contribution in [1.29, 1.82) is 0 Å². The summed E-state index contributed by atoms with van der Waals surface area (Å²) >= 11 is 0. The zero-order valence-electron chi connectivity index (χ0n) is 15.1. The lowest BCUT2D eigenvalue weighted by Gasteiger charge is -2.58. The molecular formula is C19H26FNO4. The highest BCUT2D eigenvalue weighted by Gasteiger charge is 2.66. The lowest BCUT2D eigenvalue weighted by atomic mass is 9.54. The Morgan fingerprint density at radius 3 is 2.64 bits per heavy atom. The number of carbonyl (C=O) groups excluding carboxylic acids is 1. The third-order valence-corrected chi connectivity index (χ3v) is 5.39.